The first-order chi connectivity index (χ1) is 10.1. The van der Waals surface area contributed by atoms with Crippen LogP contribution < -0.4 is 17.2 Å². The minimum Gasteiger partial charge on any atom is -0.369 e. The second-order valence-corrected chi connectivity index (χ2v) is 5.11. The summed E-state index contributed by atoms with van der Waals surface area (Å²) >= 11 is 0. The molecule has 0 fully saturated rings. The van der Waals surface area contributed by atoms with Crippen LogP contribution in [0.4, 0.5) is 0 Å². The lowest BCUT2D eigenvalue weighted by Crippen LogP contribution is -2.47. The van der Waals surface area contributed by atoms with Crippen LogP contribution in [0.5, 0.6) is 0 Å². The van der Waals surface area contributed by atoms with E-state index in [0.29, 0.717) is 0 Å². The first-order valence-corrected chi connectivity index (χ1v) is 6.61. The maximum absolute atomic E-state index is 11.7. The normalized spacial score (nSPS) is 10.7. The van der Waals surface area contributed by atoms with Crippen molar-refractivity contribution in [2.75, 3.05) is 53.4 Å². The molecule has 0 aromatic heterocycles. The molecule has 0 unspecified atom stereocenters. The van der Waals surface area contributed by atoms with Crippen molar-refractivity contribution in [1.82, 2.24) is 14.7 Å². The van der Waals surface area contributed by atoms with Gasteiger partial charge in [0, 0.05) is 27.2 Å². The molecule has 0 aliphatic carbocycles. The molecule has 0 heterocycles. The minimum atomic E-state index is -0.605. The quantitative estimate of drug-likeness (QED) is 0.354. The highest BCUT2D eigenvalue weighted by atomic mass is 16.2. The van der Waals surface area contributed by atoms with Gasteiger partial charge in [0.25, 0.3) is 0 Å². The molecule has 0 spiro atoms. The maximum Gasteiger partial charge on any atom is 0.236 e. The Morgan fingerprint density at radius 1 is 0.682 bits per heavy atom. The fraction of sp³-hybridized carbons (Fsp3) is 0.667. The summed E-state index contributed by atoms with van der Waals surface area (Å²) in [6, 6.07) is 0. The number of nitrogens with two attached hydrogens (primary N) is 3. The summed E-state index contributed by atoms with van der Waals surface area (Å²) in [4.78, 5) is 49.0. The molecule has 0 aromatic carbocycles. The number of rotatable bonds is 11. The van der Waals surface area contributed by atoms with Crippen LogP contribution in [-0.4, -0.2) is 91.7 Å². The number of carbonyl (C=O) groups is 4. The number of hydrogen-bond acceptors (Lipinski definition) is 6. The second-order valence-electron chi connectivity index (χ2n) is 5.11. The van der Waals surface area contributed by atoms with Crippen molar-refractivity contribution in [2.24, 2.45) is 17.2 Å². The summed E-state index contributed by atoms with van der Waals surface area (Å²) in [5, 5.41) is 0. The van der Waals surface area contributed by atoms with Gasteiger partial charge >= 0.3 is 0 Å². The van der Waals surface area contributed by atoms with E-state index in [1.54, 1.807) is 14.1 Å². The summed E-state index contributed by atoms with van der Waals surface area (Å²) in [7, 11) is 3.19. The van der Waals surface area contributed by atoms with Crippen molar-refractivity contribution in [2.45, 2.75) is 0 Å². The molecule has 0 aromatic rings. The van der Waals surface area contributed by atoms with E-state index in [2.05, 4.69) is 0 Å². The van der Waals surface area contributed by atoms with Gasteiger partial charge in [0.1, 0.15) is 0 Å². The van der Waals surface area contributed by atoms with Gasteiger partial charge in [-0.3, -0.25) is 29.0 Å². The highest BCUT2D eigenvalue weighted by molar-refractivity contribution is 5.80. The van der Waals surface area contributed by atoms with Crippen molar-refractivity contribution < 1.29 is 19.2 Å². The Bertz CT molecular complexity index is 410. The smallest absolute Gasteiger partial charge is 0.236 e. The number of carbonyl (C=O) groups excluding carboxylic acids is 4. The van der Waals surface area contributed by atoms with E-state index in [-0.39, 0.29) is 45.2 Å². The van der Waals surface area contributed by atoms with E-state index < -0.39 is 17.7 Å². The van der Waals surface area contributed by atoms with Gasteiger partial charge < -0.3 is 22.1 Å². The Morgan fingerprint density at radius 2 is 1.00 bits per heavy atom. The fourth-order valence-electron chi connectivity index (χ4n) is 1.70. The molecule has 0 aliphatic rings. The molecule has 0 aliphatic heterocycles. The zero-order valence-corrected chi connectivity index (χ0v) is 12.9. The second kappa shape index (κ2) is 9.68. The SMILES string of the molecule is CN(C)C(=O)CN(CCN(CC(N)=O)CC(N)=O)CC(N)=O. The Morgan fingerprint density at radius 3 is 1.27 bits per heavy atom. The molecule has 10 heteroatoms. The van der Waals surface area contributed by atoms with Crippen LogP contribution in [-0.2, 0) is 19.2 Å². The van der Waals surface area contributed by atoms with E-state index in [1.165, 1.54) is 14.7 Å². The van der Waals surface area contributed by atoms with Crippen molar-refractivity contribution in [3.05, 3.63) is 0 Å². The Balaban J connectivity index is 4.66. The average molecular weight is 316 g/mol. The zero-order chi connectivity index (χ0) is 17.3. The molecule has 0 rings (SSSR count). The predicted octanol–water partition coefficient (Wildman–Crippen LogP) is -3.87. The molecular formula is C12H24N6O4. The first-order valence-electron chi connectivity index (χ1n) is 6.61. The van der Waals surface area contributed by atoms with E-state index in [9.17, 15) is 19.2 Å². The molecule has 0 radical (unpaired) electrons. The van der Waals surface area contributed by atoms with Crippen molar-refractivity contribution in [3.63, 3.8) is 0 Å². The summed E-state index contributed by atoms with van der Waals surface area (Å²) < 4.78 is 0. The highest BCUT2D eigenvalue weighted by Gasteiger charge is 2.17. The van der Waals surface area contributed by atoms with E-state index in [0.717, 1.165) is 0 Å². The Kier molecular flexibility index (Phi) is 8.72. The third-order valence-electron chi connectivity index (χ3n) is 2.73. The summed E-state index contributed by atoms with van der Waals surface area (Å²) in [6.45, 7) is 0.0877. The predicted molar refractivity (Wildman–Crippen MR) is 79.2 cm³/mol. The third-order valence-corrected chi connectivity index (χ3v) is 2.73. The highest BCUT2D eigenvalue weighted by Crippen LogP contribution is 1.95. The lowest BCUT2D eigenvalue weighted by atomic mass is 10.3. The van der Waals surface area contributed by atoms with Crippen LogP contribution in [0.1, 0.15) is 0 Å². The number of likely N-dealkylation sites (N-methyl/N-ethyl adjacent to an activating group) is 1. The fourth-order valence-corrected chi connectivity index (χ4v) is 1.70. The third kappa shape index (κ3) is 9.66. The van der Waals surface area contributed by atoms with Crippen LogP contribution in [0.25, 0.3) is 0 Å². The van der Waals surface area contributed by atoms with Gasteiger partial charge in [-0.05, 0) is 0 Å². The van der Waals surface area contributed by atoms with E-state index in [4.69, 9.17) is 17.2 Å². The van der Waals surface area contributed by atoms with Crippen LogP contribution in [0.3, 0.4) is 0 Å². The van der Waals surface area contributed by atoms with Gasteiger partial charge in [0.05, 0.1) is 26.2 Å². The van der Waals surface area contributed by atoms with Gasteiger partial charge in [0.2, 0.25) is 23.6 Å². The molecule has 6 N–H and O–H groups in total. The number of amides is 4. The molecule has 10 nitrogen and oxygen atoms in total. The topological polar surface area (TPSA) is 156 Å². The van der Waals surface area contributed by atoms with Crippen LogP contribution in [0.2, 0.25) is 0 Å². The summed E-state index contributed by atoms with van der Waals surface area (Å²) in [5.41, 5.74) is 15.3. The van der Waals surface area contributed by atoms with Gasteiger partial charge in [-0.15, -0.1) is 0 Å². The molecular weight excluding hydrogens is 292 g/mol. The number of nitrogens with zero attached hydrogens (tertiary/aromatic N) is 3. The van der Waals surface area contributed by atoms with Crippen LogP contribution in [0.15, 0.2) is 0 Å². The van der Waals surface area contributed by atoms with Gasteiger partial charge in [-0.1, -0.05) is 0 Å². The van der Waals surface area contributed by atoms with Gasteiger partial charge in [0.15, 0.2) is 0 Å². The molecule has 4 amide bonds. The minimum absolute atomic E-state index is 0.00305. The largest absolute Gasteiger partial charge is 0.369 e. The molecule has 126 valence electrons. The van der Waals surface area contributed by atoms with Crippen LogP contribution >= 0.6 is 0 Å². The monoisotopic (exact) mass is 316 g/mol. The first kappa shape index (κ1) is 19.8. The van der Waals surface area contributed by atoms with E-state index in [1.807, 2.05) is 0 Å². The molecule has 0 atom stereocenters. The Hall–Kier alpha value is -2.20. The molecule has 22 heavy (non-hydrogen) atoms. The molecule has 0 saturated carbocycles. The average Bonchev–Trinajstić information content (AvgIpc) is 2.33. The van der Waals surface area contributed by atoms with E-state index >= 15 is 0 Å². The summed E-state index contributed by atoms with van der Waals surface area (Å²) in [6.07, 6.45) is 0. The number of primary amides is 3. The Labute approximate surface area is 129 Å². The van der Waals surface area contributed by atoms with Crippen molar-refractivity contribution in [3.8, 4) is 0 Å². The molecule has 0 bridgehead atoms. The zero-order valence-electron chi connectivity index (χ0n) is 12.9. The van der Waals surface area contributed by atoms with Gasteiger partial charge in [-0.2, -0.15) is 0 Å². The molecule has 0 saturated heterocycles. The van der Waals surface area contributed by atoms with Crippen molar-refractivity contribution in [1.29, 1.82) is 0 Å². The number of hydrogen-bond donors (Lipinski definition) is 3. The summed E-state index contributed by atoms with van der Waals surface area (Å²) in [5.74, 6) is -1.99. The van der Waals surface area contributed by atoms with Crippen molar-refractivity contribution >= 4 is 23.6 Å². The van der Waals surface area contributed by atoms with Crippen LogP contribution in [0, 0.1) is 0 Å². The lowest BCUT2D eigenvalue weighted by molar-refractivity contribution is -0.131. The standard InChI is InChI=1S/C12H24N6O4/c1-16(2)12(22)8-18(7-11(15)21)4-3-17(5-9(13)19)6-10(14)20/h3-8H2,1-2H3,(H2,13,19)(H2,14,20)(H2,15,21). The van der Waals surface area contributed by atoms with Gasteiger partial charge in [-0.25, -0.2) is 0 Å². The lowest BCUT2D eigenvalue weighted by Gasteiger charge is -2.26. The maximum atomic E-state index is 11.7.